The zero-order chi connectivity index (χ0) is 20.6. The number of carbonyl (C=O) groups is 1. The normalized spacial score (nSPS) is 10.3. The van der Waals surface area contributed by atoms with Crippen molar-refractivity contribution in [2.24, 2.45) is 0 Å². The Labute approximate surface area is 167 Å². The molecule has 0 saturated heterocycles. The summed E-state index contributed by atoms with van der Waals surface area (Å²) in [6.45, 7) is 0.422. The van der Waals surface area contributed by atoms with Crippen molar-refractivity contribution in [1.82, 2.24) is 15.3 Å². The Balaban J connectivity index is 1.58. The molecule has 0 atom stereocenters. The highest BCUT2D eigenvalue weighted by molar-refractivity contribution is 5.92. The molecule has 0 aliphatic carbocycles. The third-order valence-corrected chi connectivity index (χ3v) is 4.12. The van der Waals surface area contributed by atoms with Crippen molar-refractivity contribution in [1.29, 1.82) is 0 Å². The van der Waals surface area contributed by atoms with Gasteiger partial charge in [0.1, 0.15) is 11.5 Å². The van der Waals surface area contributed by atoms with Gasteiger partial charge in [0.25, 0.3) is 5.91 Å². The molecule has 0 unspecified atom stereocenters. The van der Waals surface area contributed by atoms with Crippen LogP contribution < -0.4 is 20.1 Å². The van der Waals surface area contributed by atoms with Crippen molar-refractivity contribution >= 4 is 17.5 Å². The lowest BCUT2D eigenvalue weighted by Gasteiger charge is -2.10. The van der Waals surface area contributed by atoms with Gasteiger partial charge in [0.15, 0.2) is 11.5 Å². The van der Waals surface area contributed by atoms with Gasteiger partial charge in [-0.25, -0.2) is 14.4 Å². The van der Waals surface area contributed by atoms with Gasteiger partial charge in [-0.3, -0.25) is 4.79 Å². The lowest BCUT2D eigenvalue weighted by molar-refractivity contribution is 0.0949. The molecule has 7 nitrogen and oxygen atoms in total. The van der Waals surface area contributed by atoms with Gasteiger partial charge in [-0.2, -0.15) is 0 Å². The molecule has 0 aliphatic rings. The zero-order valence-corrected chi connectivity index (χ0v) is 16.1. The number of rotatable bonds is 8. The molecule has 2 aromatic carbocycles. The maximum atomic E-state index is 13.3. The van der Waals surface area contributed by atoms with Crippen LogP contribution in [0.5, 0.6) is 11.5 Å². The summed E-state index contributed by atoms with van der Waals surface area (Å²) >= 11 is 0. The first kappa shape index (κ1) is 20.1. The number of ether oxygens (including phenoxy) is 2. The quantitative estimate of drug-likeness (QED) is 0.607. The predicted molar refractivity (Wildman–Crippen MR) is 107 cm³/mol. The second kappa shape index (κ2) is 9.50. The van der Waals surface area contributed by atoms with Crippen molar-refractivity contribution in [2.45, 2.75) is 6.42 Å². The average Bonchev–Trinajstić information content (AvgIpc) is 2.73. The van der Waals surface area contributed by atoms with E-state index in [0.29, 0.717) is 30.2 Å². The molecule has 3 aromatic rings. The van der Waals surface area contributed by atoms with Crippen molar-refractivity contribution in [3.8, 4) is 11.5 Å². The largest absolute Gasteiger partial charge is 0.493 e. The van der Waals surface area contributed by atoms with Gasteiger partial charge >= 0.3 is 0 Å². The molecular weight excluding hydrogens is 375 g/mol. The van der Waals surface area contributed by atoms with Crippen LogP contribution in [0.15, 0.2) is 54.7 Å². The summed E-state index contributed by atoms with van der Waals surface area (Å²) < 4.78 is 23.8. The summed E-state index contributed by atoms with van der Waals surface area (Å²) in [5.74, 6) is 0.803. The molecular formula is C21H21FN4O3. The summed E-state index contributed by atoms with van der Waals surface area (Å²) in [5, 5.41) is 5.70. The van der Waals surface area contributed by atoms with Gasteiger partial charge in [0.2, 0.25) is 5.95 Å². The van der Waals surface area contributed by atoms with E-state index in [-0.39, 0.29) is 23.4 Å². The molecule has 29 heavy (non-hydrogen) atoms. The van der Waals surface area contributed by atoms with Crippen LogP contribution >= 0.6 is 0 Å². The van der Waals surface area contributed by atoms with Crippen molar-refractivity contribution in [2.75, 3.05) is 26.1 Å². The highest BCUT2D eigenvalue weighted by Crippen LogP contribution is 2.27. The summed E-state index contributed by atoms with van der Waals surface area (Å²) in [7, 11) is 3.16. The van der Waals surface area contributed by atoms with Gasteiger partial charge < -0.3 is 20.1 Å². The molecule has 0 radical (unpaired) electrons. The number of benzene rings is 2. The van der Waals surface area contributed by atoms with E-state index in [4.69, 9.17) is 9.47 Å². The molecule has 1 amide bonds. The first-order valence-electron chi connectivity index (χ1n) is 8.94. The van der Waals surface area contributed by atoms with Crippen LogP contribution in [0.4, 0.5) is 16.0 Å². The van der Waals surface area contributed by atoms with Crippen molar-refractivity contribution in [3.05, 3.63) is 71.8 Å². The Kier molecular flexibility index (Phi) is 6.57. The number of nitrogens with one attached hydrogen (secondary N) is 2. The molecule has 3 rings (SSSR count). The molecule has 1 aromatic heterocycles. The molecule has 0 spiro atoms. The molecule has 0 bridgehead atoms. The Hall–Kier alpha value is -3.68. The Morgan fingerprint density at radius 1 is 1.07 bits per heavy atom. The minimum atomic E-state index is -0.376. The molecule has 8 heteroatoms. The fourth-order valence-electron chi connectivity index (χ4n) is 2.69. The van der Waals surface area contributed by atoms with E-state index in [1.54, 1.807) is 26.4 Å². The topological polar surface area (TPSA) is 85.4 Å². The SMILES string of the molecule is COc1ccc(CCNC(=O)c2ccnc(Nc3cccc(F)c3)n2)cc1OC. The molecule has 0 fully saturated rings. The van der Waals surface area contributed by atoms with E-state index in [1.165, 1.54) is 24.4 Å². The van der Waals surface area contributed by atoms with E-state index in [0.717, 1.165) is 5.56 Å². The highest BCUT2D eigenvalue weighted by atomic mass is 19.1. The summed E-state index contributed by atoms with van der Waals surface area (Å²) in [5.41, 5.74) is 1.71. The number of aromatic nitrogens is 2. The maximum absolute atomic E-state index is 13.3. The molecule has 150 valence electrons. The monoisotopic (exact) mass is 396 g/mol. The summed E-state index contributed by atoms with van der Waals surface area (Å²) in [4.78, 5) is 20.6. The zero-order valence-electron chi connectivity index (χ0n) is 16.1. The predicted octanol–water partition coefficient (Wildman–Crippen LogP) is 3.35. The third kappa shape index (κ3) is 5.41. The number of anilines is 2. The number of nitrogens with zero attached hydrogens (tertiary/aromatic N) is 2. The lowest BCUT2D eigenvalue weighted by atomic mass is 10.1. The van der Waals surface area contributed by atoms with Crippen LogP contribution in [-0.4, -0.2) is 36.6 Å². The minimum absolute atomic E-state index is 0.211. The van der Waals surface area contributed by atoms with E-state index < -0.39 is 0 Å². The van der Waals surface area contributed by atoms with E-state index >= 15 is 0 Å². The van der Waals surface area contributed by atoms with Gasteiger partial charge in [-0.15, -0.1) is 0 Å². The molecule has 0 saturated carbocycles. The van der Waals surface area contributed by atoms with Gasteiger partial charge in [-0.05, 0) is 48.4 Å². The van der Waals surface area contributed by atoms with E-state index in [1.807, 2.05) is 18.2 Å². The lowest BCUT2D eigenvalue weighted by Crippen LogP contribution is -2.26. The van der Waals surface area contributed by atoms with Gasteiger partial charge in [-0.1, -0.05) is 12.1 Å². The minimum Gasteiger partial charge on any atom is -0.493 e. The van der Waals surface area contributed by atoms with Gasteiger partial charge in [0, 0.05) is 18.4 Å². The van der Waals surface area contributed by atoms with E-state index in [2.05, 4.69) is 20.6 Å². The summed E-state index contributed by atoms with van der Waals surface area (Å²) in [6.07, 6.45) is 2.09. The Morgan fingerprint density at radius 2 is 1.90 bits per heavy atom. The van der Waals surface area contributed by atoms with Gasteiger partial charge in [0.05, 0.1) is 14.2 Å². The number of amides is 1. The second-order valence-electron chi connectivity index (χ2n) is 6.10. The first-order chi connectivity index (χ1) is 14.1. The number of methoxy groups -OCH3 is 2. The second-order valence-corrected chi connectivity index (χ2v) is 6.10. The molecule has 1 heterocycles. The maximum Gasteiger partial charge on any atom is 0.270 e. The average molecular weight is 396 g/mol. The highest BCUT2D eigenvalue weighted by Gasteiger charge is 2.10. The van der Waals surface area contributed by atoms with Crippen LogP contribution in [0, 0.1) is 5.82 Å². The third-order valence-electron chi connectivity index (χ3n) is 4.12. The fourth-order valence-corrected chi connectivity index (χ4v) is 2.69. The summed E-state index contributed by atoms with van der Waals surface area (Å²) in [6, 6.07) is 13.0. The Bertz CT molecular complexity index is 997. The van der Waals surface area contributed by atoms with Crippen molar-refractivity contribution in [3.63, 3.8) is 0 Å². The smallest absolute Gasteiger partial charge is 0.270 e. The van der Waals surface area contributed by atoms with Crippen LogP contribution in [0.2, 0.25) is 0 Å². The van der Waals surface area contributed by atoms with Crippen LogP contribution in [0.1, 0.15) is 16.1 Å². The van der Waals surface area contributed by atoms with E-state index in [9.17, 15) is 9.18 Å². The first-order valence-corrected chi connectivity index (χ1v) is 8.94. The van der Waals surface area contributed by atoms with Crippen LogP contribution in [0.25, 0.3) is 0 Å². The number of hydrogen-bond donors (Lipinski definition) is 2. The van der Waals surface area contributed by atoms with Crippen LogP contribution in [-0.2, 0) is 6.42 Å². The fraction of sp³-hybridized carbons (Fsp3) is 0.190. The Morgan fingerprint density at radius 3 is 2.66 bits per heavy atom. The standard InChI is InChI=1S/C21H21FN4O3/c1-28-18-7-6-14(12-19(18)29-2)8-10-23-20(27)17-9-11-24-21(26-17)25-16-5-3-4-15(22)13-16/h3-7,9,11-13H,8,10H2,1-2H3,(H,23,27)(H,24,25,26). The van der Waals surface area contributed by atoms with Crippen LogP contribution in [0.3, 0.4) is 0 Å². The number of halogens is 1. The molecule has 0 aliphatic heterocycles. The number of hydrogen-bond acceptors (Lipinski definition) is 6. The molecule has 2 N–H and O–H groups in total. The van der Waals surface area contributed by atoms with Crippen molar-refractivity contribution < 1.29 is 18.7 Å². The number of carbonyl (C=O) groups excluding carboxylic acids is 1.